The normalized spacial score (nSPS) is 19.4. The van der Waals surface area contributed by atoms with Crippen LogP contribution in [0.3, 0.4) is 0 Å². The van der Waals surface area contributed by atoms with E-state index < -0.39 is 5.60 Å². The third kappa shape index (κ3) is 2.64. The Morgan fingerprint density at radius 2 is 2.06 bits per heavy atom. The predicted molar refractivity (Wildman–Crippen MR) is 69.5 cm³/mol. The van der Waals surface area contributed by atoms with Crippen molar-refractivity contribution in [3.8, 4) is 0 Å². The van der Waals surface area contributed by atoms with E-state index in [0.29, 0.717) is 18.7 Å². The van der Waals surface area contributed by atoms with E-state index in [1.54, 1.807) is 6.20 Å². The number of carbonyl (C=O) groups excluding carboxylic acids is 1. The summed E-state index contributed by atoms with van der Waals surface area (Å²) in [6.45, 7) is 2.84. The molecule has 0 unspecified atom stereocenters. The Morgan fingerprint density at radius 1 is 1.39 bits per heavy atom. The van der Waals surface area contributed by atoms with E-state index in [0.717, 1.165) is 38.6 Å². The highest BCUT2D eigenvalue weighted by Crippen LogP contribution is 2.29. The average molecular weight is 250 g/mol. The molecule has 1 N–H and O–H groups in total. The number of carbonyl (C=O) groups is 1. The summed E-state index contributed by atoms with van der Waals surface area (Å²) in [6, 6.07) is 0. The summed E-state index contributed by atoms with van der Waals surface area (Å²) < 4.78 is 1.85. The number of rotatable bonds is 4. The first-order valence-electron chi connectivity index (χ1n) is 6.96. The maximum atomic E-state index is 12.5. The number of hydrogen-bond donors (Lipinski definition) is 1. The molecule has 1 aromatic heterocycles. The monoisotopic (exact) mass is 250 g/mol. The van der Waals surface area contributed by atoms with Crippen LogP contribution in [0.2, 0.25) is 0 Å². The minimum Gasteiger partial charge on any atom is -0.382 e. The molecule has 4 heteroatoms. The van der Waals surface area contributed by atoms with Gasteiger partial charge >= 0.3 is 0 Å². The first-order valence-corrected chi connectivity index (χ1v) is 6.96. The number of Topliss-reactive ketones (excluding diaryl/α,β-unsaturated/α-hetero) is 1. The molecule has 1 saturated carbocycles. The summed E-state index contributed by atoms with van der Waals surface area (Å²) in [4.78, 5) is 16.6. The van der Waals surface area contributed by atoms with Gasteiger partial charge in [-0.3, -0.25) is 4.79 Å². The second-order valence-electron chi connectivity index (χ2n) is 5.22. The molecule has 1 aliphatic rings. The summed E-state index contributed by atoms with van der Waals surface area (Å²) in [5, 5.41) is 10.6. The highest BCUT2D eigenvalue weighted by atomic mass is 16.3. The Morgan fingerprint density at radius 3 is 2.67 bits per heavy atom. The van der Waals surface area contributed by atoms with Crippen molar-refractivity contribution in [1.82, 2.24) is 9.55 Å². The minimum absolute atomic E-state index is 0.192. The van der Waals surface area contributed by atoms with Crippen LogP contribution < -0.4 is 0 Å². The molecule has 18 heavy (non-hydrogen) atoms. The Balaban J connectivity index is 2.20. The predicted octanol–water partition coefficient (Wildman–Crippen LogP) is 2.56. The van der Waals surface area contributed by atoms with E-state index >= 15 is 0 Å². The lowest BCUT2D eigenvalue weighted by atomic mass is 9.89. The molecule has 0 bridgehead atoms. The number of nitrogens with zero attached hydrogens (tertiary/aromatic N) is 2. The van der Waals surface area contributed by atoms with Gasteiger partial charge in [0.2, 0.25) is 5.78 Å². The first kappa shape index (κ1) is 13.3. The SMILES string of the molecule is CCCn1ccnc1C(=O)C1(O)CCCCCC1. The number of ketones is 1. The van der Waals surface area contributed by atoms with E-state index in [2.05, 4.69) is 11.9 Å². The third-order valence-corrected chi connectivity index (χ3v) is 3.74. The summed E-state index contributed by atoms with van der Waals surface area (Å²) in [7, 11) is 0. The highest BCUT2D eigenvalue weighted by Gasteiger charge is 2.38. The van der Waals surface area contributed by atoms with Gasteiger partial charge in [0.15, 0.2) is 5.82 Å². The van der Waals surface area contributed by atoms with Gasteiger partial charge in [-0.15, -0.1) is 0 Å². The Bertz CT molecular complexity index is 404. The number of aliphatic hydroxyl groups is 1. The molecule has 0 amide bonds. The van der Waals surface area contributed by atoms with Gasteiger partial charge < -0.3 is 9.67 Å². The van der Waals surface area contributed by atoms with Crippen LogP contribution in [0.25, 0.3) is 0 Å². The van der Waals surface area contributed by atoms with Gasteiger partial charge in [0, 0.05) is 18.9 Å². The van der Waals surface area contributed by atoms with E-state index in [9.17, 15) is 9.90 Å². The summed E-state index contributed by atoms with van der Waals surface area (Å²) >= 11 is 0. The molecule has 0 spiro atoms. The van der Waals surface area contributed by atoms with E-state index in [4.69, 9.17) is 0 Å². The van der Waals surface area contributed by atoms with E-state index in [1.165, 1.54) is 0 Å². The largest absolute Gasteiger partial charge is 0.382 e. The van der Waals surface area contributed by atoms with Gasteiger partial charge in [-0.05, 0) is 19.3 Å². The molecule has 0 radical (unpaired) electrons. The fourth-order valence-corrected chi connectivity index (χ4v) is 2.69. The van der Waals surface area contributed by atoms with Crippen molar-refractivity contribution in [2.45, 2.75) is 64.0 Å². The fraction of sp³-hybridized carbons (Fsp3) is 0.714. The van der Waals surface area contributed by atoms with Gasteiger partial charge in [-0.1, -0.05) is 32.6 Å². The number of aryl methyl sites for hydroxylation is 1. The molecule has 100 valence electrons. The summed E-state index contributed by atoms with van der Waals surface area (Å²) in [6.07, 6.45) is 9.63. The van der Waals surface area contributed by atoms with Crippen LogP contribution in [0.4, 0.5) is 0 Å². The molecule has 1 aliphatic carbocycles. The lowest BCUT2D eigenvalue weighted by molar-refractivity contribution is 0.0223. The molecule has 1 aromatic rings. The van der Waals surface area contributed by atoms with Crippen molar-refractivity contribution in [1.29, 1.82) is 0 Å². The second kappa shape index (κ2) is 5.65. The van der Waals surface area contributed by atoms with Gasteiger partial charge in [0.05, 0.1) is 0 Å². The van der Waals surface area contributed by atoms with Crippen molar-refractivity contribution in [3.05, 3.63) is 18.2 Å². The molecular weight excluding hydrogens is 228 g/mol. The van der Waals surface area contributed by atoms with Gasteiger partial charge in [-0.25, -0.2) is 4.98 Å². The van der Waals surface area contributed by atoms with Gasteiger partial charge in [0.1, 0.15) is 5.60 Å². The number of aromatic nitrogens is 2. The van der Waals surface area contributed by atoms with E-state index in [1.807, 2.05) is 10.8 Å². The number of hydrogen-bond acceptors (Lipinski definition) is 3. The Labute approximate surface area is 108 Å². The van der Waals surface area contributed by atoms with Gasteiger partial charge in [0.25, 0.3) is 0 Å². The Hall–Kier alpha value is -1.16. The zero-order chi connectivity index (χ0) is 13.0. The number of imidazole rings is 1. The molecule has 0 aliphatic heterocycles. The zero-order valence-electron chi connectivity index (χ0n) is 11.1. The molecule has 2 rings (SSSR count). The van der Waals surface area contributed by atoms with Crippen LogP contribution in [0.1, 0.15) is 62.5 Å². The molecule has 1 fully saturated rings. The topological polar surface area (TPSA) is 55.1 Å². The highest BCUT2D eigenvalue weighted by molar-refractivity contribution is 5.99. The molecular formula is C14H22N2O2. The van der Waals surface area contributed by atoms with Crippen molar-refractivity contribution in [3.63, 3.8) is 0 Å². The minimum atomic E-state index is -1.19. The van der Waals surface area contributed by atoms with Crippen molar-refractivity contribution >= 4 is 5.78 Å². The quantitative estimate of drug-likeness (QED) is 0.660. The smallest absolute Gasteiger partial charge is 0.229 e. The van der Waals surface area contributed by atoms with Gasteiger partial charge in [-0.2, -0.15) is 0 Å². The lowest BCUT2D eigenvalue weighted by Crippen LogP contribution is -2.39. The third-order valence-electron chi connectivity index (χ3n) is 3.74. The van der Waals surface area contributed by atoms with Crippen molar-refractivity contribution < 1.29 is 9.90 Å². The molecule has 1 heterocycles. The van der Waals surface area contributed by atoms with Crippen LogP contribution in [-0.2, 0) is 6.54 Å². The van der Waals surface area contributed by atoms with Crippen LogP contribution in [0.15, 0.2) is 12.4 Å². The average Bonchev–Trinajstić information content (AvgIpc) is 2.70. The molecule has 0 atom stereocenters. The van der Waals surface area contributed by atoms with Crippen LogP contribution in [-0.4, -0.2) is 26.0 Å². The van der Waals surface area contributed by atoms with E-state index in [-0.39, 0.29) is 5.78 Å². The molecule has 0 aromatic carbocycles. The fourth-order valence-electron chi connectivity index (χ4n) is 2.69. The maximum absolute atomic E-state index is 12.5. The second-order valence-corrected chi connectivity index (χ2v) is 5.22. The lowest BCUT2D eigenvalue weighted by Gasteiger charge is -2.24. The van der Waals surface area contributed by atoms with Crippen molar-refractivity contribution in [2.75, 3.05) is 0 Å². The summed E-state index contributed by atoms with van der Waals surface area (Å²) in [5.74, 6) is 0.226. The molecule has 4 nitrogen and oxygen atoms in total. The molecule has 0 saturated heterocycles. The standard InChI is InChI=1S/C14H22N2O2/c1-2-10-16-11-9-15-13(16)12(17)14(18)7-5-3-4-6-8-14/h9,11,18H,2-8,10H2,1H3. The zero-order valence-corrected chi connectivity index (χ0v) is 11.1. The van der Waals surface area contributed by atoms with Crippen LogP contribution in [0, 0.1) is 0 Å². The first-order chi connectivity index (χ1) is 8.67. The van der Waals surface area contributed by atoms with Crippen LogP contribution in [0.5, 0.6) is 0 Å². The van der Waals surface area contributed by atoms with Crippen LogP contribution >= 0.6 is 0 Å². The van der Waals surface area contributed by atoms with Crippen molar-refractivity contribution in [2.24, 2.45) is 0 Å². The summed E-state index contributed by atoms with van der Waals surface area (Å²) in [5.41, 5.74) is -1.19. The maximum Gasteiger partial charge on any atom is 0.229 e. The Kier molecular flexibility index (Phi) is 4.17.